The Bertz CT molecular complexity index is 546. The Labute approximate surface area is 122 Å². The van der Waals surface area contributed by atoms with Crippen LogP contribution in [0.5, 0.6) is 0 Å². The lowest BCUT2D eigenvalue weighted by molar-refractivity contribution is -0.148. The summed E-state index contributed by atoms with van der Waals surface area (Å²) in [6.07, 6.45) is 2.83. The Balaban J connectivity index is 1.87. The lowest BCUT2D eigenvalue weighted by Gasteiger charge is -2.30. The molecule has 2 aliphatic rings. The van der Waals surface area contributed by atoms with Crippen LogP contribution in [0.1, 0.15) is 29.9 Å². The molecule has 1 aliphatic carbocycles. The fourth-order valence-electron chi connectivity index (χ4n) is 3.08. The zero-order valence-corrected chi connectivity index (χ0v) is 11.9. The Morgan fingerprint density at radius 1 is 1.30 bits per heavy atom. The highest BCUT2D eigenvalue weighted by Gasteiger charge is 2.39. The molecule has 106 valence electrons. The standard InChI is InChI=1S/C15H17NO3S/c17-14(16-9-20-8-13(16)15(18)19)12-7-3-5-10-4-1-2-6-11(10)12/h1-2,4,6,12-13H,3,5,7-9H2,(H,18,19)/t12?,13-/m0/s1. The van der Waals surface area contributed by atoms with Crippen LogP contribution in [0.25, 0.3) is 0 Å². The smallest absolute Gasteiger partial charge is 0.327 e. The van der Waals surface area contributed by atoms with E-state index in [-0.39, 0.29) is 11.8 Å². The zero-order chi connectivity index (χ0) is 14.1. The van der Waals surface area contributed by atoms with Gasteiger partial charge in [0.25, 0.3) is 0 Å². The largest absolute Gasteiger partial charge is 0.480 e. The van der Waals surface area contributed by atoms with E-state index in [0.29, 0.717) is 11.6 Å². The van der Waals surface area contributed by atoms with Crippen molar-refractivity contribution in [2.45, 2.75) is 31.2 Å². The van der Waals surface area contributed by atoms with Crippen molar-refractivity contribution < 1.29 is 14.7 Å². The Morgan fingerprint density at radius 3 is 2.90 bits per heavy atom. The topological polar surface area (TPSA) is 57.6 Å². The average Bonchev–Trinajstić information content (AvgIpc) is 2.95. The third kappa shape index (κ3) is 2.30. The van der Waals surface area contributed by atoms with Crippen LogP contribution in [-0.2, 0) is 16.0 Å². The van der Waals surface area contributed by atoms with Crippen molar-refractivity contribution in [3.8, 4) is 0 Å². The Morgan fingerprint density at radius 2 is 2.10 bits per heavy atom. The first-order valence-corrected chi connectivity index (χ1v) is 8.03. The molecule has 0 aromatic heterocycles. The number of aliphatic carboxylic acids is 1. The first-order chi connectivity index (χ1) is 9.68. The first-order valence-electron chi connectivity index (χ1n) is 6.87. The maximum atomic E-state index is 12.7. The fraction of sp³-hybridized carbons (Fsp3) is 0.467. The van der Waals surface area contributed by atoms with Gasteiger partial charge in [-0.25, -0.2) is 4.79 Å². The van der Waals surface area contributed by atoms with Crippen LogP contribution in [0.2, 0.25) is 0 Å². The summed E-state index contributed by atoms with van der Waals surface area (Å²) in [4.78, 5) is 25.5. The lowest BCUT2D eigenvalue weighted by atomic mass is 9.82. The van der Waals surface area contributed by atoms with Gasteiger partial charge >= 0.3 is 5.97 Å². The summed E-state index contributed by atoms with van der Waals surface area (Å²) in [5.41, 5.74) is 2.32. The van der Waals surface area contributed by atoms with Gasteiger partial charge in [0.05, 0.1) is 11.8 Å². The predicted molar refractivity (Wildman–Crippen MR) is 77.7 cm³/mol. The van der Waals surface area contributed by atoms with Gasteiger partial charge in [-0.05, 0) is 30.4 Å². The molecule has 4 nitrogen and oxygen atoms in total. The van der Waals surface area contributed by atoms with Crippen LogP contribution in [0.4, 0.5) is 0 Å². The van der Waals surface area contributed by atoms with Gasteiger partial charge in [0, 0.05) is 5.75 Å². The third-order valence-corrected chi connectivity index (χ3v) is 5.13. The second-order valence-electron chi connectivity index (χ2n) is 5.31. The summed E-state index contributed by atoms with van der Waals surface area (Å²) in [6, 6.07) is 7.37. The number of thioether (sulfide) groups is 1. The molecule has 2 atom stereocenters. The highest BCUT2D eigenvalue weighted by Crippen LogP contribution is 2.35. The summed E-state index contributed by atoms with van der Waals surface area (Å²) in [6.45, 7) is 0. The van der Waals surface area contributed by atoms with Crippen molar-refractivity contribution in [1.29, 1.82) is 0 Å². The van der Waals surface area contributed by atoms with Crippen LogP contribution in [0, 0.1) is 0 Å². The van der Waals surface area contributed by atoms with Gasteiger partial charge in [-0.3, -0.25) is 4.79 Å². The maximum Gasteiger partial charge on any atom is 0.327 e. The van der Waals surface area contributed by atoms with E-state index < -0.39 is 12.0 Å². The van der Waals surface area contributed by atoms with Gasteiger partial charge in [-0.1, -0.05) is 24.3 Å². The van der Waals surface area contributed by atoms with Crippen LogP contribution in [-0.4, -0.2) is 39.6 Å². The van der Waals surface area contributed by atoms with Gasteiger partial charge in [-0.2, -0.15) is 0 Å². The summed E-state index contributed by atoms with van der Waals surface area (Å²) in [5.74, 6) is -0.0910. The van der Waals surface area contributed by atoms with Crippen molar-refractivity contribution >= 4 is 23.6 Å². The zero-order valence-electron chi connectivity index (χ0n) is 11.1. The highest BCUT2D eigenvalue weighted by atomic mass is 32.2. The monoisotopic (exact) mass is 291 g/mol. The van der Waals surface area contributed by atoms with Gasteiger partial charge < -0.3 is 10.0 Å². The fourth-order valence-corrected chi connectivity index (χ4v) is 4.23. The minimum absolute atomic E-state index is 0.0189. The molecule has 0 radical (unpaired) electrons. The molecular weight excluding hydrogens is 274 g/mol. The molecule has 3 rings (SSSR count). The van der Waals surface area contributed by atoms with Gasteiger partial charge in [0.1, 0.15) is 6.04 Å². The van der Waals surface area contributed by atoms with E-state index in [1.807, 2.05) is 18.2 Å². The number of rotatable bonds is 2. The molecule has 5 heteroatoms. The van der Waals surface area contributed by atoms with E-state index in [1.54, 1.807) is 4.90 Å². The van der Waals surface area contributed by atoms with Crippen LogP contribution >= 0.6 is 11.8 Å². The van der Waals surface area contributed by atoms with E-state index >= 15 is 0 Å². The number of carboxylic acid groups (broad SMARTS) is 1. The summed E-state index contributed by atoms with van der Waals surface area (Å²) >= 11 is 1.52. The summed E-state index contributed by atoms with van der Waals surface area (Å²) in [7, 11) is 0. The molecule has 1 unspecified atom stereocenters. The molecule has 0 spiro atoms. The molecule has 1 heterocycles. The molecule has 1 aromatic carbocycles. The van der Waals surface area contributed by atoms with E-state index in [0.717, 1.165) is 24.8 Å². The molecule has 1 aromatic rings. The van der Waals surface area contributed by atoms with Crippen molar-refractivity contribution in [3.63, 3.8) is 0 Å². The molecule has 20 heavy (non-hydrogen) atoms. The van der Waals surface area contributed by atoms with Gasteiger partial charge in [0.15, 0.2) is 0 Å². The molecule has 1 aliphatic heterocycles. The molecule has 0 bridgehead atoms. The van der Waals surface area contributed by atoms with Gasteiger partial charge in [-0.15, -0.1) is 11.8 Å². The molecule has 1 fully saturated rings. The van der Waals surface area contributed by atoms with E-state index in [9.17, 15) is 14.7 Å². The number of benzene rings is 1. The predicted octanol–water partition coefficient (Wildman–Crippen LogP) is 2.09. The number of fused-ring (bicyclic) bond motifs is 1. The molecule has 1 N–H and O–H groups in total. The number of hydrogen-bond donors (Lipinski definition) is 1. The number of carboxylic acids is 1. The molecular formula is C15H17NO3S. The molecule has 1 saturated heterocycles. The van der Waals surface area contributed by atoms with E-state index in [1.165, 1.54) is 17.3 Å². The minimum Gasteiger partial charge on any atom is -0.480 e. The highest BCUT2D eigenvalue weighted by molar-refractivity contribution is 7.99. The van der Waals surface area contributed by atoms with Gasteiger partial charge in [0.2, 0.25) is 5.91 Å². The normalized spacial score (nSPS) is 25.3. The first kappa shape index (κ1) is 13.5. The third-order valence-electron chi connectivity index (χ3n) is 4.12. The average molecular weight is 291 g/mol. The number of nitrogens with zero attached hydrogens (tertiary/aromatic N) is 1. The van der Waals surface area contributed by atoms with Crippen molar-refractivity contribution in [3.05, 3.63) is 35.4 Å². The Hall–Kier alpha value is -1.49. The maximum absolute atomic E-state index is 12.7. The second kappa shape index (κ2) is 5.48. The summed E-state index contributed by atoms with van der Waals surface area (Å²) in [5, 5.41) is 9.22. The SMILES string of the molecule is O=C(O)[C@@H]1CSCN1C(=O)C1CCCc2ccccc21. The second-order valence-corrected chi connectivity index (χ2v) is 6.31. The minimum atomic E-state index is -0.896. The number of hydrogen-bond acceptors (Lipinski definition) is 3. The Kier molecular flexibility index (Phi) is 3.70. The van der Waals surface area contributed by atoms with Crippen molar-refractivity contribution in [2.75, 3.05) is 11.6 Å². The van der Waals surface area contributed by atoms with Crippen molar-refractivity contribution in [1.82, 2.24) is 4.90 Å². The quantitative estimate of drug-likeness (QED) is 0.906. The molecule has 1 amide bonds. The lowest BCUT2D eigenvalue weighted by Crippen LogP contribution is -2.44. The number of carbonyl (C=O) groups is 2. The number of carbonyl (C=O) groups excluding carboxylic acids is 1. The van der Waals surface area contributed by atoms with Crippen molar-refractivity contribution in [2.24, 2.45) is 0 Å². The number of aryl methyl sites for hydroxylation is 1. The number of amides is 1. The van der Waals surface area contributed by atoms with Crippen LogP contribution < -0.4 is 0 Å². The van der Waals surface area contributed by atoms with Crippen LogP contribution in [0.15, 0.2) is 24.3 Å². The van der Waals surface area contributed by atoms with E-state index in [2.05, 4.69) is 6.07 Å². The summed E-state index contributed by atoms with van der Waals surface area (Å²) < 4.78 is 0. The van der Waals surface area contributed by atoms with E-state index in [4.69, 9.17) is 0 Å². The molecule has 0 saturated carbocycles. The van der Waals surface area contributed by atoms with Crippen LogP contribution in [0.3, 0.4) is 0 Å².